The second-order valence-corrected chi connectivity index (χ2v) is 5.09. The fourth-order valence-electron chi connectivity index (χ4n) is 2.10. The second kappa shape index (κ2) is 12.9. The highest BCUT2D eigenvalue weighted by atomic mass is 16.5. The number of ether oxygens (including phenoxy) is 3. The van der Waals surface area contributed by atoms with Gasteiger partial charge in [-0.05, 0) is 32.6 Å². The Bertz CT molecular complexity index is 269. The second-order valence-electron chi connectivity index (χ2n) is 5.09. The number of unbranched alkanes of at least 4 members (excludes halogenated alkanes) is 1. The van der Waals surface area contributed by atoms with E-state index >= 15 is 0 Å². The molecule has 1 heterocycles. The SMILES string of the molecule is CCNC(=NCC1CCCO1)NCCCCOCCOC. The zero-order chi connectivity index (χ0) is 15.2. The molecule has 1 rings (SSSR count). The van der Waals surface area contributed by atoms with Gasteiger partial charge in [0, 0.05) is 33.4 Å². The molecule has 1 unspecified atom stereocenters. The predicted octanol–water partition coefficient (Wildman–Crippen LogP) is 1.16. The van der Waals surface area contributed by atoms with Crippen molar-refractivity contribution in [1.82, 2.24) is 10.6 Å². The van der Waals surface area contributed by atoms with Crippen molar-refractivity contribution < 1.29 is 14.2 Å². The molecule has 0 spiro atoms. The van der Waals surface area contributed by atoms with Crippen molar-refractivity contribution in [3.8, 4) is 0 Å². The van der Waals surface area contributed by atoms with Crippen molar-refractivity contribution in [2.24, 2.45) is 4.99 Å². The monoisotopic (exact) mass is 301 g/mol. The molecule has 1 aliphatic rings. The van der Waals surface area contributed by atoms with Crippen LogP contribution in [0.5, 0.6) is 0 Å². The lowest BCUT2D eigenvalue weighted by atomic mass is 10.2. The van der Waals surface area contributed by atoms with E-state index < -0.39 is 0 Å². The van der Waals surface area contributed by atoms with E-state index in [4.69, 9.17) is 14.2 Å². The van der Waals surface area contributed by atoms with Gasteiger partial charge in [-0.2, -0.15) is 0 Å². The van der Waals surface area contributed by atoms with Crippen molar-refractivity contribution >= 4 is 5.96 Å². The zero-order valence-electron chi connectivity index (χ0n) is 13.5. The quantitative estimate of drug-likeness (QED) is 0.341. The summed E-state index contributed by atoms with van der Waals surface area (Å²) in [6.45, 7) is 7.61. The average Bonchev–Trinajstić information content (AvgIpc) is 3.00. The summed E-state index contributed by atoms with van der Waals surface area (Å²) in [5, 5.41) is 6.61. The summed E-state index contributed by atoms with van der Waals surface area (Å²) in [6.07, 6.45) is 4.70. The van der Waals surface area contributed by atoms with Crippen LogP contribution in [0.3, 0.4) is 0 Å². The van der Waals surface area contributed by atoms with Crippen LogP contribution in [0.15, 0.2) is 4.99 Å². The Morgan fingerprint density at radius 3 is 2.86 bits per heavy atom. The molecule has 0 amide bonds. The Kier molecular flexibility index (Phi) is 11.1. The molecule has 1 saturated heterocycles. The zero-order valence-corrected chi connectivity index (χ0v) is 13.5. The first-order valence-electron chi connectivity index (χ1n) is 8.07. The Labute approximate surface area is 128 Å². The maximum Gasteiger partial charge on any atom is 0.191 e. The van der Waals surface area contributed by atoms with Gasteiger partial charge in [0.1, 0.15) is 0 Å². The first-order valence-corrected chi connectivity index (χ1v) is 8.07. The number of nitrogens with zero attached hydrogens (tertiary/aromatic N) is 1. The number of hydrogen-bond donors (Lipinski definition) is 2. The molecule has 0 aromatic rings. The fraction of sp³-hybridized carbons (Fsp3) is 0.933. The molecule has 1 fully saturated rings. The summed E-state index contributed by atoms with van der Waals surface area (Å²) >= 11 is 0. The Morgan fingerprint density at radius 1 is 1.24 bits per heavy atom. The third-order valence-electron chi connectivity index (χ3n) is 3.26. The molecule has 6 nitrogen and oxygen atoms in total. The van der Waals surface area contributed by atoms with Crippen LogP contribution in [-0.4, -0.2) is 65.2 Å². The summed E-state index contributed by atoms with van der Waals surface area (Å²) in [7, 11) is 1.69. The number of rotatable bonds is 11. The number of aliphatic imine (C=N–C) groups is 1. The Hall–Kier alpha value is -0.850. The van der Waals surface area contributed by atoms with Crippen LogP contribution in [-0.2, 0) is 14.2 Å². The molecule has 0 aromatic heterocycles. The van der Waals surface area contributed by atoms with Gasteiger partial charge in [-0.1, -0.05) is 0 Å². The Balaban J connectivity index is 2.05. The van der Waals surface area contributed by atoms with Gasteiger partial charge in [0.25, 0.3) is 0 Å². The van der Waals surface area contributed by atoms with Crippen LogP contribution in [0.4, 0.5) is 0 Å². The average molecular weight is 301 g/mol. The molecule has 6 heteroatoms. The third kappa shape index (κ3) is 9.66. The topological polar surface area (TPSA) is 64.1 Å². The molecular formula is C15H31N3O3. The summed E-state index contributed by atoms with van der Waals surface area (Å²) in [6, 6.07) is 0. The van der Waals surface area contributed by atoms with E-state index in [0.717, 1.165) is 64.5 Å². The fourth-order valence-corrected chi connectivity index (χ4v) is 2.10. The summed E-state index contributed by atoms with van der Waals surface area (Å²) in [4.78, 5) is 4.58. The first-order chi connectivity index (χ1) is 10.4. The van der Waals surface area contributed by atoms with Crippen LogP contribution in [0.2, 0.25) is 0 Å². The van der Waals surface area contributed by atoms with Crippen molar-refractivity contribution in [3.05, 3.63) is 0 Å². The van der Waals surface area contributed by atoms with Gasteiger partial charge < -0.3 is 24.8 Å². The van der Waals surface area contributed by atoms with Gasteiger partial charge in [-0.15, -0.1) is 0 Å². The van der Waals surface area contributed by atoms with Crippen LogP contribution in [0, 0.1) is 0 Å². The Morgan fingerprint density at radius 2 is 2.14 bits per heavy atom. The largest absolute Gasteiger partial charge is 0.382 e. The summed E-state index contributed by atoms with van der Waals surface area (Å²) in [5.74, 6) is 0.883. The smallest absolute Gasteiger partial charge is 0.191 e. The number of methoxy groups -OCH3 is 1. The van der Waals surface area contributed by atoms with Crippen LogP contribution >= 0.6 is 0 Å². The van der Waals surface area contributed by atoms with Crippen molar-refractivity contribution in [2.75, 3.05) is 53.2 Å². The highest BCUT2D eigenvalue weighted by Crippen LogP contribution is 2.11. The predicted molar refractivity (Wildman–Crippen MR) is 84.9 cm³/mol. The molecular weight excluding hydrogens is 270 g/mol. The third-order valence-corrected chi connectivity index (χ3v) is 3.26. The molecule has 21 heavy (non-hydrogen) atoms. The number of guanidine groups is 1. The van der Waals surface area contributed by atoms with E-state index in [1.54, 1.807) is 7.11 Å². The van der Waals surface area contributed by atoms with Crippen molar-refractivity contribution in [3.63, 3.8) is 0 Å². The number of nitrogens with one attached hydrogen (secondary N) is 2. The molecule has 1 aliphatic heterocycles. The van der Waals surface area contributed by atoms with E-state index in [0.29, 0.717) is 19.3 Å². The first kappa shape index (κ1) is 18.2. The molecule has 1 atom stereocenters. The molecule has 0 aromatic carbocycles. The van der Waals surface area contributed by atoms with Gasteiger partial charge >= 0.3 is 0 Å². The van der Waals surface area contributed by atoms with E-state index in [1.807, 2.05) is 0 Å². The lowest BCUT2D eigenvalue weighted by Gasteiger charge is -2.12. The summed E-state index contributed by atoms with van der Waals surface area (Å²) < 4.78 is 15.9. The normalized spacial score (nSPS) is 19.0. The molecule has 2 N–H and O–H groups in total. The van der Waals surface area contributed by atoms with E-state index in [1.165, 1.54) is 0 Å². The van der Waals surface area contributed by atoms with Crippen LogP contribution in [0.1, 0.15) is 32.6 Å². The molecule has 0 bridgehead atoms. The molecule has 0 radical (unpaired) electrons. The van der Waals surface area contributed by atoms with E-state index in [-0.39, 0.29) is 0 Å². The molecule has 0 aliphatic carbocycles. The highest BCUT2D eigenvalue weighted by Gasteiger charge is 2.14. The minimum atomic E-state index is 0.301. The maximum atomic E-state index is 5.58. The van der Waals surface area contributed by atoms with Crippen molar-refractivity contribution in [1.29, 1.82) is 0 Å². The van der Waals surface area contributed by atoms with E-state index in [9.17, 15) is 0 Å². The standard InChI is InChI=1S/C15H31N3O3/c1-3-16-15(18-13-14-7-6-10-21-14)17-8-4-5-9-20-12-11-19-2/h14H,3-13H2,1-2H3,(H2,16,17,18). The highest BCUT2D eigenvalue weighted by molar-refractivity contribution is 5.79. The lowest BCUT2D eigenvalue weighted by molar-refractivity contribution is 0.0689. The summed E-state index contributed by atoms with van der Waals surface area (Å²) in [5.41, 5.74) is 0. The maximum absolute atomic E-state index is 5.58. The minimum absolute atomic E-state index is 0.301. The molecule has 0 saturated carbocycles. The van der Waals surface area contributed by atoms with Crippen molar-refractivity contribution in [2.45, 2.75) is 38.7 Å². The van der Waals surface area contributed by atoms with Crippen LogP contribution in [0.25, 0.3) is 0 Å². The van der Waals surface area contributed by atoms with Gasteiger partial charge in [-0.3, -0.25) is 4.99 Å². The van der Waals surface area contributed by atoms with E-state index in [2.05, 4.69) is 22.5 Å². The van der Waals surface area contributed by atoms with Gasteiger partial charge in [0.2, 0.25) is 0 Å². The van der Waals surface area contributed by atoms with Gasteiger partial charge in [0.15, 0.2) is 5.96 Å². The number of hydrogen-bond acceptors (Lipinski definition) is 4. The van der Waals surface area contributed by atoms with Gasteiger partial charge in [-0.25, -0.2) is 0 Å². The minimum Gasteiger partial charge on any atom is -0.382 e. The lowest BCUT2D eigenvalue weighted by Crippen LogP contribution is -2.38. The van der Waals surface area contributed by atoms with Gasteiger partial charge in [0.05, 0.1) is 25.9 Å². The molecule has 124 valence electrons. The van der Waals surface area contributed by atoms with Crippen LogP contribution < -0.4 is 10.6 Å².